The standard InChI is InChI=1S/C35H41N/c1-4-10-32-21-18-31(27-29(32)3)11-8-13-35(33-19-14-28(2)15-20-33)34-22-16-30(17-23-34)12-9-26-36-24-6-5-7-25-36/h13-23,27H,4-8,10-11,24-26H2,1-3H3/b35-13-. The third-order valence-electron chi connectivity index (χ3n) is 7.25. The van der Waals surface area contributed by atoms with Gasteiger partial charge < -0.3 is 0 Å². The fraction of sp³-hybridized carbons (Fsp3) is 0.371. The van der Waals surface area contributed by atoms with Gasteiger partial charge >= 0.3 is 0 Å². The highest BCUT2D eigenvalue weighted by Gasteiger charge is 2.08. The van der Waals surface area contributed by atoms with Crippen LogP contribution < -0.4 is 0 Å². The fourth-order valence-corrected chi connectivity index (χ4v) is 5.09. The minimum Gasteiger partial charge on any atom is -0.292 e. The van der Waals surface area contributed by atoms with Crippen molar-refractivity contribution in [3.05, 3.63) is 112 Å². The van der Waals surface area contributed by atoms with Crippen molar-refractivity contribution >= 4 is 5.57 Å². The smallest absolute Gasteiger partial charge is 0.0605 e. The molecule has 1 nitrogen and oxygen atoms in total. The van der Waals surface area contributed by atoms with Crippen LogP contribution in [0.15, 0.2) is 72.8 Å². The largest absolute Gasteiger partial charge is 0.292 e. The van der Waals surface area contributed by atoms with E-state index in [1.54, 1.807) is 0 Å². The minimum atomic E-state index is 0.884. The van der Waals surface area contributed by atoms with Gasteiger partial charge in [-0.25, -0.2) is 0 Å². The summed E-state index contributed by atoms with van der Waals surface area (Å²) in [6, 6.07) is 24.8. The van der Waals surface area contributed by atoms with Crippen LogP contribution in [0.1, 0.15) is 78.0 Å². The van der Waals surface area contributed by atoms with Gasteiger partial charge in [-0.2, -0.15) is 0 Å². The molecule has 0 amide bonds. The van der Waals surface area contributed by atoms with Crippen molar-refractivity contribution in [2.24, 2.45) is 0 Å². The van der Waals surface area contributed by atoms with E-state index >= 15 is 0 Å². The number of likely N-dealkylation sites (tertiary alicyclic amines) is 1. The first-order chi connectivity index (χ1) is 17.6. The molecule has 1 saturated heterocycles. The lowest BCUT2D eigenvalue weighted by molar-refractivity contribution is 0.255. The molecule has 1 aliphatic heterocycles. The van der Waals surface area contributed by atoms with Crippen LogP contribution in [0.2, 0.25) is 0 Å². The molecule has 3 aromatic carbocycles. The zero-order chi connectivity index (χ0) is 25.2. The average Bonchev–Trinajstić information content (AvgIpc) is 2.90. The van der Waals surface area contributed by atoms with Gasteiger partial charge in [0.2, 0.25) is 0 Å². The number of hydrogen-bond acceptors (Lipinski definition) is 1. The molecule has 0 aromatic heterocycles. The van der Waals surface area contributed by atoms with Crippen molar-refractivity contribution in [2.45, 2.75) is 65.7 Å². The Bertz CT molecular complexity index is 1200. The number of allylic oxidation sites excluding steroid dienone is 1. The van der Waals surface area contributed by atoms with Gasteiger partial charge in [-0.05, 0) is 105 Å². The summed E-state index contributed by atoms with van der Waals surface area (Å²) in [7, 11) is 0. The van der Waals surface area contributed by atoms with Gasteiger partial charge in [-0.3, -0.25) is 4.90 Å². The van der Waals surface area contributed by atoms with Crippen molar-refractivity contribution in [3.63, 3.8) is 0 Å². The second kappa shape index (κ2) is 13.3. The van der Waals surface area contributed by atoms with E-state index in [4.69, 9.17) is 0 Å². The number of rotatable bonds is 8. The van der Waals surface area contributed by atoms with E-state index in [9.17, 15) is 0 Å². The molecular weight excluding hydrogens is 434 g/mol. The molecule has 4 rings (SSSR count). The lowest BCUT2D eigenvalue weighted by Crippen LogP contribution is -2.29. The van der Waals surface area contributed by atoms with Crippen molar-refractivity contribution in [2.75, 3.05) is 19.6 Å². The first kappa shape index (κ1) is 26.0. The quantitative estimate of drug-likeness (QED) is 0.297. The second-order valence-corrected chi connectivity index (χ2v) is 10.2. The van der Waals surface area contributed by atoms with Crippen LogP contribution in [0, 0.1) is 25.7 Å². The minimum absolute atomic E-state index is 0.884. The molecule has 0 unspecified atom stereocenters. The Morgan fingerprint density at radius 3 is 2.19 bits per heavy atom. The van der Waals surface area contributed by atoms with E-state index < -0.39 is 0 Å². The van der Waals surface area contributed by atoms with Crippen LogP contribution in [0.5, 0.6) is 0 Å². The third kappa shape index (κ3) is 7.46. The highest BCUT2D eigenvalue weighted by Crippen LogP contribution is 2.26. The Kier molecular flexibility index (Phi) is 9.60. The first-order valence-electron chi connectivity index (χ1n) is 13.8. The summed E-state index contributed by atoms with van der Waals surface area (Å²) in [5.74, 6) is 6.77. The summed E-state index contributed by atoms with van der Waals surface area (Å²) >= 11 is 0. The van der Waals surface area contributed by atoms with Crippen LogP contribution in [0.4, 0.5) is 0 Å². The van der Waals surface area contributed by atoms with Crippen LogP contribution >= 0.6 is 0 Å². The zero-order valence-corrected chi connectivity index (χ0v) is 22.4. The lowest BCUT2D eigenvalue weighted by Gasteiger charge is -2.23. The number of hydrogen-bond donors (Lipinski definition) is 0. The van der Waals surface area contributed by atoms with E-state index in [0.717, 1.165) is 24.9 Å². The number of aryl methyl sites for hydroxylation is 4. The molecule has 1 heteroatoms. The molecule has 186 valence electrons. The predicted molar refractivity (Wildman–Crippen MR) is 155 cm³/mol. The van der Waals surface area contributed by atoms with Crippen LogP contribution in [0.3, 0.4) is 0 Å². The monoisotopic (exact) mass is 475 g/mol. The Morgan fingerprint density at radius 2 is 1.53 bits per heavy atom. The lowest BCUT2D eigenvalue weighted by atomic mass is 9.94. The van der Waals surface area contributed by atoms with Crippen LogP contribution in [0.25, 0.3) is 5.57 Å². The maximum Gasteiger partial charge on any atom is 0.0605 e. The maximum atomic E-state index is 3.39. The van der Waals surface area contributed by atoms with Gasteiger partial charge in [0.05, 0.1) is 6.54 Å². The van der Waals surface area contributed by atoms with Gasteiger partial charge in [0.1, 0.15) is 0 Å². The predicted octanol–water partition coefficient (Wildman–Crippen LogP) is 8.16. The average molecular weight is 476 g/mol. The number of piperidine rings is 1. The summed E-state index contributed by atoms with van der Waals surface area (Å²) < 4.78 is 0. The van der Waals surface area contributed by atoms with Gasteiger partial charge in [-0.15, -0.1) is 0 Å². The molecule has 0 spiro atoms. The van der Waals surface area contributed by atoms with E-state index in [0.29, 0.717) is 0 Å². The Morgan fingerprint density at radius 1 is 0.833 bits per heavy atom. The van der Waals surface area contributed by atoms with E-state index in [1.807, 2.05) is 0 Å². The topological polar surface area (TPSA) is 3.24 Å². The summed E-state index contributed by atoms with van der Waals surface area (Å²) in [6.07, 6.45) is 10.9. The summed E-state index contributed by atoms with van der Waals surface area (Å²) in [6.45, 7) is 9.92. The molecule has 0 atom stereocenters. The Hall–Kier alpha value is -3.08. The van der Waals surface area contributed by atoms with Gasteiger partial charge in [0, 0.05) is 5.56 Å². The molecule has 1 heterocycles. The second-order valence-electron chi connectivity index (χ2n) is 10.2. The van der Waals surface area contributed by atoms with E-state index in [2.05, 4.69) is 110 Å². The fourth-order valence-electron chi connectivity index (χ4n) is 5.09. The molecule has 0 radical (unpaired) electrons. The molecule has 1 aliphatic rings. The first-order valence-corrected chi connectivity index (χ1v) is 13.8. The van der Waals surface area contributed by atoms with E-state index in [-0.39, 0.29) is 0 Å². The SMILES string of the molecule is CCCc1ccc(CC/C=C(/c2ccc(C)cc2)c2ccc(C#CCN3CCCCC3)cc2)cc1C. The molecule has 0 saturated carbocycles. The van der Waals surface area contributed by atoms with E-state index in [1.165, 1.54) is 84.1 Å². The van der Waals surface area contributed by atoms with Gasteiger partial charge in [0.25, 0.3) is 0 Å². The Labute approximate surface area is 219 Å². The zero-order valence-electron chi connectivity index (χ0n) is 22.4. The summed E-state index contributed by atoms with van der Waals surface area (Å²) in [5, 5.41) is 0. The molecule has 36 heavy (non-hydrogen) atoms. The molecule has 3 aromatic rings. The molecular formula is C35H41N. The number of nitrogens with zero attached hydrogens (tertiary/aromatic N) is 1. The highest BCUT2D eigenvalue weighted by molar-refractivity contribution is 5.80. The van der Waals surface area contributed by atoms with Crippen molar-refractivity contribution < 1.29 is 0 Å². The van der Waals surface area contributed by atoms with Crippen molar-refractivity contribution in [3.8, 4) is 11.8 Å². The molecule has 0 N–H and O–H groups in total. The Balaban J connectivity index is 1.48. The summed E-state index contributed by atoms with van der Waals surface area (Å²) in [5.41, 5.74) is 10.6. The van der Waals surface area contributed by atoms with Gasteiger partial charge in [0.15, 0.2) is 0 Å². The molecule has 0 aliphatic carbocycles. The van der Waals surface area contributed by atoms with Crippen molar-refractivity contribution in [1.82, 2.24) is 4.90 Å². The van der Waals surface area contributed by atoms with Crippen LogP contribution in [-0.4, -0.2) is 24.5 Å². The molecule has 0 bridgehead atoms. The van der Waals surface area contributed by atoms with Crippen LogP contribution in [-0.2, 0) is 12.8 Å². The van der Waals surface area contributed by atoms with Crippen molar-refractivity contribution in [1.29, 1.82) is 0 Å². The normalized spacial score (nSPS) is 14.4. The highest BCUT2D eigenvalue weighted by atomic mass is 15.1. The number of benzene rings is 3. The summed E-state index contributed by atoms with van der Waals surface area (Å²) in [4.78, 5) is 2.47. The third-order valence-corrected chi connectivity index (χ3v) is 7.25. The maximum absolute atomic E-state index is 3.39. The molecule has 1 fully saturated rings. The van der Waals surface area contributed by atoms with Gasteiger partial charge in [-0.1, -0.05) is 97.8 Å².